The lowest BCUT2D eigenvalue weighted by Crippen LogP contribution is -2.41. The van der Waals surface area contributed by atoms with Crippen LogP contribution >= 0.6 is 11.3 Å². The second-order valence-electron chi connectivity index (χ2n) is 5.48. The molecule has 4 nitrogen and oxygen atoms in total. The molecule has 2 aromatic rings. The number of piperidine rings is 1. The van der Waals surface area contributed by atoms with E-state index in [0.717, 1.165) is 29.9 Å². The van der Waals surface area contributed by atoms with Crippen molar-refractivity contribution < 1.29 is 4.79 Å². The lowest BCUT2D eigenvalue weighted by Gasteiger charge is -2.33. The summed E-state index contributed by atoms with van der Waals surface area (Å²) in [4.78, 5) is 19.0. The number of carbonyl (C=O) groups is 1. The van der Waals surface area contributed by atoms with Crippen molar-refractivity contribution in [2.75, 3.05) is 19.6 Å². The Kier molecular flexibility index (Phi) is 4.71. The lowest BCUT2D eigenvalue weighted by molar-refractivity contribution is -0.122. The van der Waals surface area contributed by atoms with E-state index in [2.05, 4.69) is 22.2 Å². The van der Waals surface area contributed by atoms with Crippen LogP contribution in [-0.4, -0.2) is 35.4 Å². The predicted octanol–water partition coefficient (Wildman–Crippen LogP) is 2.57. The van der Waals surface area contributed by atoms with Gasteiger partial charge in [-0.2, -0.15) is 0 Å². The van der Waals surface area contributed by atoms with E-state index in [0.29, 0.717) is 13.1 Å². The summed E-state index contributed by atoms with van der Waals surface area (Å²) >= 11 is 1.74. The largest absolute Gasteiger partial charge is 0.344 e. The number of para-hydroxylation sites is 1. The van der Waals surface area contributed by atoms with E-state index in [1.807, 2.05) is 18.2 Å². The highest BCUT2D eigenvalue weighted by atomic mass is 32.1. The molecule has 0 bridgehead atoms. The average molecular weight is 313 g/mol. The van der Waals surface area contributed by atoms with Gasteiger partial charge in [0.15, 0.2) is 0 Å². The molecular weight excluding hydrogens is 294 g/mol. The average Bonchev–Trinajstić information content (AvgIpc) is 2.97. The summed E-state index contributed by atoms with van der Waals surface area (Å²) in [6.07, 6.45) is 8.55. The van der Waals surface area contributed by atoms with E-state index in [-0.39, 0.29) is 11.9 Å². The third kappa shape index (κ3) is 3.29. The summed E-state index contributed by atoms with van der Waals surface area (Å²) in [5.74, 6) is 2.43. The van der Waals surface area contributed by atoms with Crippen molar-refractivity contribution in [2.24, 2.45) is 0 Å². The number of nitrogens with zero attached hydrogens (tertiary/aromatic N) is 2. The molecule has 1 amide bonds. The molecule has 1 atom stereocenters. The number of rotatable bonds is 4. The molecule has 0 saturated carbocycles. The van der Waals surface area contributed by atoms with Gasteiger partial charge in [0.25, 0.3) is 0 Å². The molecule has 22 heavy (non-hydrogen) atoms. The number of carbonyl (C=O) groups excluding carboxylic acids is 1. The smallest absolute Gasteiger partial charge is 0.234 e. The van der Waals surface area contributed by atoms with E-state index in [9.17, 15) is 4.79 Å². The lowest BCUT2D eigenvalue weighted by atomic mass is 10.0. The second kappa shape index (κ2) is 6.91. The molecule has 1 aliphatic rings. The SMILES string of the molecule is C#CCNC(=O)CN1CCCC[C@@H]1c1nc2ccccc2s1. The first kappa shape index (κ1) is 15.0. The molecule has 114 valence electrons. The van der Waals surface area contributed by atoms with Crippen LogP contribution in [0.5, 0.6) is 0 Å². The summed E-state index contributed by atoms with van der Waals surface area (Å²) in [5, 5.41) is 3.86. The van der Waals surface area contributed by atoms with Gasteiger partial charge in [-0.3, -0.25) is 9.69 Å². The van der Waals surface area contributed by atoms with Crippen LogP contribution in [0, 0.1) is 12.3 Å². The number of fused-ring (bicyclic) bond motifs is 1. The highest BCUT2D eigenvalue weighted by Crippen LogP contribution is 2.35. The first-order chi connectivity index (χ1) is 10.8. The molecule has 1 aliphatic heterocycles. The molecule has 0 unspecified atom stereocenters. The van der Waals surface area contributed by atoms with Gasteiger partial charge in [-0.05, 0) is 31.5 Å². The van der Waals surface area contributed by atoms with E-state index < -0.39 is 0 Å². The van der Waals surface area contributed by atoms with Gasteiger partial charge < -0.3 is 5.32 Å². The Labute approximate surface area is 134 Å². The number of hydrogen-bond acceptors (Lipinski definition) is 4. The fourth-order valence-corrected chi connectivity index (χ4v) is 4.02. The maximum atomic E-state index is 12.0. The highest BCUT2D eigenvalue weighted by Gasteiger charge is 2.28. The predicted molar refractivity (Wildman–Crippen MR) is 89.6 cm³/mol. The topological polar surface area (TPSA) is 45.2 Å². The van der Waals surface area contributed by atoms with Crippen LogP contribution in [0.3, 0.4) is 0 Å². The third-order valence-corrected chi connectivity index (χ3v) is 5.08. The van der Waals surface area contributed by atoms with Crippen molar-refractivity contribution in [1.29, 1.82) is 0 Å². The Hall–Kier alpha value is -1.90. The maximum absolute atomic E-state index is 12.0. The van der Waals surface area contributed by atoms with Gasteiger partial charge >= 0.3 is 0 Å². The molecule has 5 heteroatoms. The van der Waals surface area contributed by atoms with Crippen LogP contribution in [0.2, 0.25) is 0 Å². The molecule has 0 spiro atoms. The van der Waals surface area contributed by atoms with E-state index in [1.165, 1.54) is 11.1 Å². The number of amides is 1. The van der Waals surface area contributed by atoms with Crippen LogP contribution < -0.4 is 5.32 Å². The molecule has 0 aliphatic carbocycles. The van der Waals surface area contributed by atoms with Crippen LogP contribution in [-0.2, 0) is 4.79 Å². The molecule has 1 aromatic heterocycles. The zero-order valence-corrected chi connectivity index (χ0v) is 13.2. The van der Waals surface area contributed by atoms with Crippen LogP contribution in [0.4, 0.5) is 0 Å². The summed E-state index contributed by atoms with van der Waals surface area (Å²) in [6.45, 7) is 1.62. The van der Waals surface area contributed by atoms with E-state index >= 15 is 0 Å². The Morgan fingerprint density at radius 1 is 1.45 bits per heavy atom. The molecule has 3 rings (SSSR count). The third-order valence-electron chi connectivity index (χ3n) is 3.94. The number of nitrogens with one attached hydrogen (secondary N) is 1. The monoisotopic (exact) mass is 313 g/mol. The Morgan fingerprint density at radius 2 is 2.32 bits per heavy atom. The number of benzene rings is 1. The van der Waals surface area contributed by atoms with Gasteiger partial charge in [0.1, 0.15) is 5.01 Å². The van der Waals surface area contributed by atoms with E-state index in [4.69, 9.17) is 11.4 Å². The summed E-state index contributed by atoms with van der Waals surface area (Å²) in [5.41, 5.74) is 1.05. The molecule has 0 radical (unpaired) electrons. The molecular formula is C17H19N3OS. The van der Waals surface area contributed by atoms with Gasteiger partial charge in [-0.15, -0.1) is 17.8 Å². The highest BCUT2D eigenvalue weighted by molar-refractivity contribution is 7.18. The minimum absolute atomic E-state index is 0.00837. The number of likely N-dealkylation sites (tertiary alicyclic amines) is 1. The number of thiazole rings is 1. The number of hydrogen-bond donors (Lipinski definition) is 1. The Balaban J connectivity index is 1.77. The van der Waals surface area contributed by atoms with Gasteiger partial charge in [0.05, 0.1) is 29.3 Å². The molecule has 2 heterocycles. The van der Waals surface area contributed by atoms with E-state index in [1.54, 1.807) is 11.3 Å². The number of terminal acetylenes is 1. The first-order valence-corrected chi connectivity index (χ1v) is 8.39. The summed E-state index contributed by atoms with van der Waals surface area (Å²) in [7, 11) is 0. The standard InChI is InChI=1S/C17H19N3OS/c1-2-10-18-16(21)12-20-11-6-5-8-14(20)17-19-13-7-3-4-9-15(13)22-17/h1,3-4,7,9,14H,5-6,8,10-12H2,(H,18,21)/t14-/m1/s1. The Bertz CT molecular complexity index is 670. The minimum Gasteiger partial charge on any atom is -0.344 e. The van der Waals surface area contributed by atoms with Crippen molar-refractivity contribution in [3.05, 3.63) is 29.3 Å². The van der Waals surface area contributed by atoms with Crippen molar-refractivity contribution in [2.45, 2.75) is 25.3 Å². The minimum atomic E-state index is -0.00837. The zero-order valence-electron chi connectivity index (χ0n) is 12.4. The molecule has 1 N–H and O–H groups in total. The fraction of sp³-hybridized carbons (Fsp3) is 0.412. The molecule has 1 aromatic carbocycles. The summed E-state index contributed by atoms with van der Waals surface area (Å²) < 4.78 is 1.21. The summed E-state index contributed by atoms with van der Waals surface area (Å²) in [6, 6.07) is 8.43. The maximum Gasteiger partial charge on any atom is 0.234 e. The molecule has 1 fully saturated rings. The van der Waals surface area contributed by atoms with Crippen LogP contribution in [0.25, 0.3) is 10.2 Å². The molecule has 1 saturated heterocycles. The van der Waals surface area contributed by atoms with Gasteiger partial charge in [0, 0.05) is 0 Å². The van der Waals surface area contributed by atoms with Crippen LogP contribution in [0.15, 0.2) is 24.3 Å². The van der Waals surface area contributed by atoms with Crippen molar-refractivity contribution in [3.8, 4) is 12.3 Å². The van der Waals surface area contributed by atoms with Gasteiger partial charge in [-0.25, -0.2) is 4.98 Å². The Morgan fingerprint density at radius 3 is 3.14 bits per heavy atom. The second-order valence-corrected chi connectivity index (χ2v) is 6.54. The quantitative estimate of drug-likeness (QED) is 0.883. The fourth-order valence-electron chi connectivity index (χ4n) is 2.88. The zero-order chi connectivity index (χ0) is 15.4. The first-order valence-electron chi connectivity index (χ1n) is 7.57. The van der Waals surface area contributed by atoms with Crippen molar-refractivity contribution >= 4 is 27.5 Å². The van der Waals surface area contributed by atoms with Gasteiger partial charge in [0.2, 0.25) is 5.91 Å². The van der Waals surface area contributed by atoms with Crippen molar-refractivity contribution in [3.63, 3.8) is 0 Å². The normalized spacial score (nSPS) is 19.0. The van der Waals surface area contributed by atoms with Gasteiger partial charge in [-0.1, -0.05) is 24.5 Å². The van der Waals surface area contributed by atoms with Crippen molar-refractivity contribution in [1.82, 2.24) is 15.2 Å². The van der Waals surface area contributed by atoms with Crippen LogP contribution in [0.1, 0.15) is 30.3 Å². The number of aromatic nitrogens is 1.